The number of aliphatic hydroxyl groups is 1. The van der Waals surface area contributed by atoms with E-state index in [0.29, 0.717) is 18.3 Å². The Bertz CT molecular complexity index is 790. The summed E-state index contributed by atoms with van der Waals surface area (Å²) in [6, 6.07) is 8.69. The maximum absolute atomic E-state index is 11.7. The highest BCUT2D eigenvalue weighted by Crippen LogP contribution is 2.47. The van der Waals surface area contributed by atoms with Crippen LogP contribution in [0.5, 0.6) is 0 Å². The van der Waals surface area contributed by atoms with Gasteiger partial charge in [0.2, 0.25) is 5.91 Å². The van der Waals surface area contributed by atoms with Crippen molar-refractivity contribution in [3.8, 4) is 0 Å². The van der Waals surface area contributed by atoms with Gasteiger partial charge in [-0.25, -0.2) is 0 Å². The van der Waals surface area contributed by atoms with E-state index in [0.717, 1.165) is 32.1 Å². The minimum atomic E-state index is -0.222. The first-order valence-corrected chi connectivity index (χ1v) is 10.9. The second-order valence-electron chi connectivity index (χ2n) is 8.84. The lowest BCUT2D eigenvalue weighted by Gasteiger charge is -2.17. The van der Waals surface area contributed by atoms with Gasteiger partial charge in [0.05, 0.1) is 6.10 Å². The largest absolute Gasteiger partial charge is 0.392 e. The Hall–Kier alpha value is -2.13. The number of carbonyl (C=O) groups excluding carboxylic acids is 1. The van der Waals surface area contributed by atoms with Gasteiger partial charge < -0.3 is 10.0 Å². The van der Waals surface area contributed by atoms with Gasteiger partial charge in [-0.15, -0.1) is 0 Å². The Morgan fingerprint density at radius 3 is 2.83 bits per heavy atom. The summed E-state index contributed by atoms with van der Waals surface area (Å²) in [4.78, 5) is 13.3. The molecule has 156 valence electrons. The number of nitrogens with zero attached hydrogens (tertiary/aromatic N) is 1. The van der Waals surface area contributed by atoms with E-state index in [1.165, 1.54) is 16.7 Å². The van der Waals surface area contributed by atoms with Gasteiger partial charge in [-0.3, -0.25) is 4.79 Å². The summed E-state index contributed by atoms with van der Waals surface area (Å²) in [6.45, 7) is 2.13. The SMILES string of the molecule is Cc1cccc(CCC=C[C@@H]2[C@H]3CC(C=CCCC(=O)N(C)C)=C[C@H]3C[C@H]2O)c1. The van der Waals surface area contributed by atoms with E-state index in [2.05, 4.69) is 61.6 Å². The van der Waals surface area contributed by atoms with Crippen LogP contribution in [0.3, 0.4) is 0 Å². The lowest BCUT2D eigenvalue weighted by molar-refractivity contribution is -0.128. The number of aliphatic hydroxyl groups excluding tert-OH is 1. The van der Waals surface area contributed by atoms with Gasteiger partial charge in [-0.05, 0) is 56.4 Å². The molecule has 2 aliphatic carbocycles. The van der Waals surface area contributed by atoms with Crippen molar-refractivity contribution in [2.45, 2.75) is 51.6 Å². The molecule has 0 spiro atoms. The first-order chi connectivity index (χ1) is 13.9. The summed E-state index contributed by atoms with van der Waals surface area (Å²) in [5.41, 5.74) is 4.05. The molecule has 0 heterocycles. The lowest BCUT2D eigenvalue weighted by atomic mass is 9.89. The van der Waals surface area contributed by atoms with Crippen LogP contribution in [-0.2, 0) is 11.2 Å². The monoisotopic (exact) mass is 393 g/mol. The van der Waals surface area contributed by atoms with E-state index in [4.69, 9.17) is 0 Å². The summed E-state index contributed by atoms with van der Waals surface area (Å²) in [5, 5.41) is 10.5. The van der Waals surface area contributed by atoms with Crippen molar-refractivity contribution in [1.82, 2.24) is 4.90 Å². The quantitative estimate of drug-likeness (QED) is 0.641. The molecule has 1 aromatic rings. The number of hydrogen-bond acceptors (Lipinski definition) is 2. The molecule has 0 bridgehead atoms. The molecule has 1 aromatic carbocycles. The molecule has 29 heavy (non-hydrogen) atoms. The highest BCUT2D eigenvalue weighted by atomic mass is 16.3. The Balaban J connectivity index is 1.47. The molecule has 0 radical (unpaired) electrons. The van der Waals surface area contributed by atoms with E-state index in [-0.39, 0.29) is 17.9 Å². The van der Waals surface area contributed by atoms with Crippen LogP contribution in [0.1, 0.15) is 43.2 Å². The number of amides is 1. The van der Waals surface area contributed by atoms with Gasteiger partial charge in [-0.2, -0.15) is 0 Å². The molecule has 1 saturated carbocycles. The minimum absolute atomic E-state index is 0.172. The normalized spacial score (nSPS) is 26.3. The van der Waals surface area contributed by atoms with Gasteiger partial charge in [0, 0.05) is 26.4 Å². The summed E-state index contributed by atoms with van der Waals surface area (Å²) >= 11 is 0. The molecule has 0 aromatic heterocycles. The number of rotatable bonds is 8. The van der Waals surface area contributed by atoms with Gasteiger partial charge in [0.1, 0.15) is 0 Å². The summed E-state index contributed by atoms with van der Waals surface area (Å²) in [5.74, 6) is 1.43. The zero-order valence-electron chi connectivity index (χ0n) is 18.1. The maximum atomic E-state index is 11.7. The van der Waals surface area contributed by atoms with Gasteiger partial charge >= 0.3 is 0 Å². The van der Waals surface area contributed by atoms with Crippen LogP contribution in [-0.4, -0.2) is 36.1 Å². The first kappa shape index (κ1) is 21.6. The lowest BCUT2D eigenvalue weighted by Crippen LogP contribution is -2.20. The molecular weight excluding hydrogens is 358 g/mol. The third-order valence-electron chi connectivity index (χ3n) is 6.30. The topological polar surface area (TPSA) is 40.5 Å². The van der Waals surface area contributed by atoms with Crippen LogP contribution in [0.15, 0.2) is 60.2 Å². The van der Waals surface area contributed by atoms with Crippen molar-refractivity contribution in [2.75, 3.05) is 14.1 Å². The zero-order valence-corrected chi connectivity index (χ0v) is 18.1. The van der Waals surface area contributed by atoms with Crippen molar-refractivity contribution in [3.63, 3.8) is 0 Å². The summed E-state index contributed by atoms with van der Waals surface area (Å²) < 4.78 is 0. The zero-order chi connectivity index (χ0) is 20.8. The molecule has 0 unspecified atom stereocenters. The Labute approximate surface area is 175 Å². The number of hydrogen-bond donors (Lipinski definition) is 1. The van der Waals surface area contributed by atoms with E-state index >= 15 is 0 Å². The molecule has 1 N–H and O–H groups in total. The fourth-order valence-electron chi connectivity index (χ4n) is 4.71. The number of carbonyl (C=O) groups is 1. The van der Waals surface area contributed by atoms with Gasteiger partial charge in [0.25, 0.3) is 0 Å². The highest BCUT2D eigenvalue weighted by Gasteiger charge is 2.42. The van der Waals surface area contributed by atoms with Crippen LogP contribution < -0.4 is 0 Å². The Morgan fingerprint density at radius 2 is 2.07 bits per heavy atom. The van der Waals surface area contributed by atoms with Gasteiger partial charge in [-0.1, -0.05) is 65.8 Å². The molecule has 0 saturated heterocycles. The van der Waals surface area contributed by atoms with E-state index < -0.39 is 0 Å². The molecule has 1 amide bonds. The predicted octanol–water partition coefficient (Wildman–Crippen LogP) is 4.85. The standard InChI is InChI=1S/C26H35NO2/c1-19-9-8-12-20(15-19)10-4-6-13-23-24-17-21(16-22(24)18-25(23)28)11-5-7-14-26(29)27(2)3/h5-6,8-9,11-13,15-16,22-25,28H,4,7,10,14,17-18H2,1-3H3/t22-,23+,24-,25+/m0/s1. The van der Waals surface area contributed by atoms with Crippen molar-refractivity contribution < 1.29 is 9.90 Å². The number of fused-ring (bicyclic) bond motifs is 1. The molecular formula is C26H35NO2. The average Bonchev–Trinajstić information content (AvgIpc) is 3.19. The van der Waals surface area contributed by atoms with Crippen molar-refractivity contribution in [2.24, 2.45) is 17.8 Å². The van der Waals surface area contributed by atoms with Crippen LogP contribution in [0.2, 0.25) is 0 Å². The first-order valence-electron chi connectivity index (χ1n) is 10.9. The van der Waals surface area contributed by atoms with Gasteiger partial charge in [0.15, 0.2) is 0 Å². The highest BCUT2D eigenvalue weighted by molar-refractivity contribution is 5.75. The van der Waals surface area contributed by atoms with Crippen LogP contribution in [0.4, 0.5) is 0 Å². The fourth-order valence-corrected chi connectivity index (χ4v) is 4.71. The number of aryl methyl sites for hydroxylation is 2. The fraction of sp³-hybridized carbons (Fsp3) is 0.500. The third-order valence-corrected chi connectivity index (χ3v) is 6.30. The average molecular weight is 394 g/mol. The van der Waals surface area contributed by atoms with Crippen LogP contribution >= 0.6 is 0 Å². The Kier molecular flexibility index (Phi) is 7.49. The molecule has 0 aliphatic heterocycles. The Morgan fingerprint density at radius 1 is 1.24 bits per heavy atom. The molecule has 3 nitrogen and oxygen atoms in total. The van der Waals surface area contributed by atoms with Crippen molar-refractivity contribution in [3.05, 3.63) is 71.3 Å². The predicted molar refractivity (Wildman–Crippen MR) is 120 cm³/mol. The molecule has 2 aliphatic rings. The molecule has 4 atom stereocenters. The second-order valence-corrected chi connectivity index (χ2v) is 8.84. The minimum Gasteiger partial charge on any atom is -0.392 e. The molecule has 3 heteroatoms. The maximum Gasteiger partial charge on any atom is 0.222 e. The molecule has 1 fully saturated rings. The number of benzene rings is 1. The smallest absolute Gasteiger partial charge is 0.222 e. The van der Waals surface area contributed by atoms with Crippen LogP contribution in [0, 0.1) is 24.7 Å². The second kappa shape index (κ2) is 10.1. The third kappa shape index (κ3) is 5.93. The van der Waals surface area contributed by atoms with Crippen LogP contribution in [0.25, 0.3) is 0 Å². The van der Waals surface area contributed by atoms with Crippen molar-refractivity contribution >= 4 is 5.91 Å². The van der Waals surface area contributed by atoms with Crippen molar-refractivity contribution in [1.29, 1.82) is 0 Å². The molecule has 3 rings (SSSR count). The summed E-state index contributed by atoms with van der Waals surface area (Å²) in [6.07, 6.45) is 16.3. The van der Waals surface area contributed by atoms with E-state index in [1.807, 2.05) is 0 Å². The number of allylic oxidation sites excluding steroid dienone is 5. The summed E-state index contributed by atoms with van der Waals surface area (Å²) in [7, 11) is 3.60. The van der Waals surface area contributed by atoms with E-state index in [9.17, 15) is 9.90 Å². The van der Waals surface area contributed by atoms with E-state index in [1.54, 1.807) is 19.0 Å².